The summed E-state index contributed by atoms with van der Waals surface area (Å²) in [7, 11) is 1.82. The second-order valence-corrected chi connectivity index (χ2v) is 6.55. The highest BCUT2D eigenvalue weighted by molar-refractivity contribution is 5.07. The van der Waals surface area contributed by atoms with Crippen molar-refractivity contribution in [2.75, 3.05) is 20.3 Å². The molecular formula is C13H22O2. The molecular weight excluding hydrogens is 188 g/mol. The smallest absolute Gasteiger partial charge is 0.0519 e. The molecule has 0 amide bonds. The number of aliphatic hydroxyl groups excluding tert-OH is 1. The third-order valence-electron chi connectivity index (χ3n) is 5.09. The molecule has 2 heteroatoms. The summed E-state index contributed by atoms with van der Waals surface area (Å²) < 4.78 is 5.43. The molecule has 0 aromatic carbocycles. The van der Waals surface area contributed by atoms with E-state index in [1.807, 2.05) is 7.11 Å². The molecule has 86 valence electrons. The highest BCUT2D eigenvalue weighted by atomic mass is 16.5. The van der Waals surface area contributed by atoms with Gasteiger partial charge in [-0.1, -0.05) is 0 Å². The summed E-state index contributed by atoms with van der Waals surface area (Å²) in [4.78, 5) is 0. The van der Waals surface area contributed by atoms with Gasteiger partial charge in [-0.15, -0.1) is 0 Å². The van der Waals surface area contributed by atoms with Gasteiger partial charge in [0.05, 0.1) is 6.61 Å². The number of hydrogen-bond acceptors (Lipinski definition) is 2. The summed E-state index contributed by atoms with van der Waals surface area (Å²) in [5.41, 5.74) is 0.712. The third-order valence-corrected chi connectivity index (χ3v) is 5.09. The van der Waals surface area contributed by atoms with Crippen LogP contribution in [0.15, 0.2) is 0 Å². The van der Waals surface area contributed by atoms with Crippen molar-refractivity contribution in [1.82, 2.24) is 0 Å². The van der Waals surface area contributed by atoms with Crippen molar-refractivity contribution in [2.45, 2.75) is 38.5 Å². The molecule has 1 N–H and O–H groups in total. The van der Waals surface area contributed by atoms with E-state index in [4.69, 9.17) is 4.74 Å². The fourth-order valence-corrected chi connectivity index (χ4v) is 5.31. The van der Waals surface area contributed by atoms with Gasteiger partial charge in [0.25, 0.3) is 0 Å². The lowest BCUT2D eigenvalue weighted by molar-refractivity contribution is -0.149. The number of rotatable bonds is 3. The van der Waals surface area contributed by atoms with Crippen LogP contribution in [0.1, 0.15) is 38.5 Å². The van der Waals surface area contributed by atoms with E-state index in [1.165, 1.54) is 38.5 Å². The molecule has 4 bridgehead atoms. The quantitative estimate of drug-likeness (QED) is 0.774. The zero-order valence-electron chi connectivity index (χ0n) is 9.67. The van der Waals surface area contributed by atoms with Crippen molar-refractivity contribution in [3.63, 3.8) is 0 Å². The first-order chi connectivity index (χ1) is 7.19. The fraction of sp³-hybridized carbons (Fsp3) is 1.00. The van der Waals surface area contributed by atoms with E-state index in [2.05, 4.69) is 0 Å². The molecule has 4 rings (SSSR count). The summed E-state index contributed by atoms with van der Waals surface area (Å²) >= 11 is 0. The first-order valence-electron chi connectivity index (χ1n) is 6.29. The van der Waals surface area contributed by atoms with E-state index in [9.17, 15) is 5.11 Å². The SMILES string of the molecule is COCC12C[C@H]3C[C@@H](CC(CO)(C3)C1)C2. The Balaban J connectivity index is 1.88. The average molecular weight is 210 g/mol. The van der Waals surface area contributed by atoms with Crippen LogP contribution in [0, 0.1) is 22.7 Å². The number of aliphatic hydroxyl groups is 1. The Labute approximate surface area is 92.0 Å². The van der Waals surface area contributed by atoms with E-state index in [0.29, 0.717) is 12.0 Å². The van der Waals surface area contributed by atoms with Gasteiger partial charge >= 0.3 is 0 Å². The van der Waals surface area contributed by atoms with Gasteiger partial charge in [-0.25, -0.2) is 0 Å². The highest BCUT2D eigenvalue weighted by Gasteiger charge is 2.57. The minimum atomic E-state index is 0.280. The van der Waals surface area contributed by atoms with E-state index < -0.39 is 0 Å². The molecule has 0 aromatic rings. The van der Waals surface area contributed by atoms with Crippen LogP contribution >= 0.6 is 0 Å². The molecule has 15 heavy (non-hydrogen) atoms. The maximum atomic E-state index is 9.67. The molecule has 0 saturated heterocycles. The standard InChI is InChI=1S/C13H22O2/c1-15-9-13-5-10-2-11(6-13)4-12(3-10,7-13)8-14/h10-11,14H,2-9H2,1H3/t10-,11-,12?,13?/m0/s1. The molecule has 0 aromatic heterocycles. The largest absolute Gasteiger partial charge is 0.396 e. The zero-order valence-corrected chi connectivity index (χ0v) is 9.67. The Morgan fingerprint density at radius 3 is 2.27 bits per heavy atom. The van der Waals surface area contributed by atoms with Crippen molar-refractivity contribution in [3.05, 3.63) is 0 Å². The van der Waals surface area contributed by atoms with Crippen LogP contribution in [0.2, 0.25) is 0 Å². The Morgan fingerprint density at radius 2 is 1.73 bits per heavy atom. The van der Waals surface area contributed by atoms with Crippen molar-refractivity contribution in [2.24, 2.45) is 22.7 Å². The van der Waals surface area contributed by atoms with Crippen LogP contribution in [-0.4, -0.2) is 25.4 Å². The second-order valence-electron chi connectivity index (χ2n) is 6.55. The lowest BCUT2D eigenvalue weighted by Gasteiger charge is -2.61. The average Bonchev–Trinajstić information content (AvgIpc) is 2.15. The molecule has 0 unspecified atom stereocenters. The first-order valence-corrected chi connectivity index (χ1v) is 6.29. The minimum absolute atomic E-state index is 0.280. The molecule has 4 saturated carbocycles. The van der Waals surface area contributed by atoms with Crippen molar-refractivity contribution < 1.29 is 9.84 Å². The van der Waals surface area contributed by atoms with Gasteiger partial charge in [-0.05, 0) is 61.2 Å². The van der Waals surface area contributed by atoms with Gasteiger partial charge < -0.3 is 9.84 Å². The maximum Gasteiger partial charge on any atom is 0.0519 e. The molecule has 4 aliphatic rings. The van der Waals surface area contributed by atoms with Crippen molar-refractivity contribution in [3.8, 4) is 0 Å². The monoisotopic (exact) mass is 210 g/mol. The van der Waals surface area contributed by atoms with Gasteiger partial charge in [-0.2, -0.15) is 0 Å². The number of ether oxygens (including phenoxy) is 1. The lowest BCUT2D eigenvalue weighted by atomic mass is 9.44. The molecule has 0 radical (unpaired) electrons. The lowest BCUT2D eigenvalue weighted by Crippen LogP contribution is -2.54. The van der Waals surface area contributed by atoms with Crippen LogP contribution in [0.3, 0.4) is 0 Å². The van der Waals surface area contributed by atoms with Gasteiger partial charge in [0.1, 0.15) is 0 Å². The molecule has 4 fully saturated rings. The van der Waals surface area contributed by atoms with Gasteiger partial charge in [0.2, 0.25) is 0 Å². The third kappa shape index (κ3) is 1.45. The Morgan fingerprint density at radius 1 is 1.13 bits per heavy atom. The van der Waals surface area contributed by atoms with Crippen LogP contribution in [0.25, 0.3) is 0 Å². The predicted molar refractivity (Wildman–Crippen MR) is 58.5 cm³/mol. The molecule has 2 nitrogen and oxygen atoms in total. The molecule has 0 aliphatic heterocycles. The van der Waals surface area contributed by atoms with Crippen molar-refractivity contribution >= 4 is 0 Å². The van der Waals surface area contributed by atoms with Crippen LogP contribution in [0.5, 0.6) is 0 Å². The van der Waals surface area contributed by atoms with Gasteiger partial charge in [-0.3, -0.25) is 0 Å². The van der Waals surface area contributed by atoms with E-state index >= 15 is 0 Å². The van der Waals surface area contributed by atoms with Crippen molar-refractivity contribution in [1.29, 1.82) is 0 Å². The summed E-state index contributed by atoms with van der Waals surface area (Å²) in [6.45, 7) is 1.33. The van der Waals surface area contributed by atoms with Gasteiger partial charge in [0.15, 0.2) is 0 Å². The summed E-state index contributed by atoms with van der Waals surface area (Å²) in [5.74, 6) is 1.77. The fourth-order valence-electron chi connectivity index (χ4n) is 5.31. The first kappa shape index (κ1) is 10.1. The predicted octanol–water partition coefficient (Wildman–Crippen LogP) is 2.21. The minimum Gasteiger partial charge on any atom is -0.396 e. The Bertz CT molecular complexity index is 247. The molecule has 4 aliphatic carbocycles. The van der Waals surface area contributed by atoms with E-state index in [1.54, 1.807) is 0 Å². The van der Waals surface area contributed by atoms with Gasteiger partial charge in [0, 0.05) is 13.7 Å². The zero-order chi connectivity index (χ0) is 10.5. The van der Waals surface area contributed by atoms with E-state index in [-0.39, 0.29) is 5.41 Å². The Hall–Kier alpha value is -0.0800. The van der Waals surface area contributed by atoms with Crippen LogP contribution in [-0.2, 0) is 4.74 Å². The molecule has 0 spiro atoms. The second kappa shape index (κ2) is 3.21. The summed E-state index contributed by atoms with van der Waals surface area (Å²) in [5, 5.41) is 9.67. The summed E-state index contributed by atoms with van der Waals surface area (Å²) in [6, 6.07) is 0. The topological polar surface area (TPSA) is 29.5 Å². The Kier molecular flexibility index (Phi) is 2.16. The van der Waals surface area contributed by atoms with Crippen LogP contribution < -0.4 is 0 Å². The summed E-state index contributed by atoms with van der Waals surface area (Å²) in [6.07, 6.45) is 7.93. The van der Waals surface area contributed by atoms with Crippen LogP contribution in [0.4, 0.5) is 0 Å². The number of methoxy groups -OCH3 is 1. The number of hydrogen-bond donors (Lipinski definition) is 1. The van der Waals surface area contributed by atoms with E-state index in [0.717, 1.165) is 18.4 Å². The normalized spacial score (nSPS) is 52.4. The molecule has 0 heterocycles. The molecule has 2 atom stereocenters. The maximum absolute atomic E-state index is 9.67. The highest BCUT2D eigenvalue weighted by Crippen LogP contribution is 2.65.